The summed E-state index contributed by atoms with van der Waals surface area (Å²) in [6.07, 6.45) is 1.86. The highest BCUT2D eigenvalue weighted by Gasteiger charge is 2.69. The number of piperidine rings is 1. The third-order valence-corrected chi connectivity index (χ3v) is 6.64. The number of carbonyl (C=O) groups excluding carboxylic acids is 2. The second kappa shape index (κ2) is 6.67. The number of amides is 1. The molecule has 27 heavy (non-hydrogen) atoms. The van der Waals surface area contributed by atoms with Gasteiger partial charge in [-0.2, -0.15) is 0 Å². The van der Waals surface area contributed by atoms with Crippen molar-refractivity contribution in [2.24, 2.45) is 5.41 Å². The fourth-order valence-electron chi connectivity index (χ4n) is 3.44. The number of carbonyl (C=O) groups is 2. The Morgan fingerprint density at radius 1 is 1.30 bits per heavy atom. The highest BCUT2D eigenvalue weighted by atomic mass is 35.5. The summed E-state index contributed by atoms with van der Waals surface area (Å²) in [6.45, 7) is 2.51. The molecule has 0 radical (unpaired) electrons. The maximum Gasteiger partial charge on any atom is 0.315 e. The molecule has 8 heteroatoms. The van der Waals surface area contributed by atoms with Crippen LogP contribution in [0.15, 0.2) is 28.7 Å². The molecule has 1 saturated heterocycles. The van der Waals surface area contributed by atoms with Crippen molar-refractivity contribution in [3.63, 3.8) is 0 Å². The number of rotatable bonds is 4. The molecule has 2 aliphatic rings. The third-order valence-electron chi connectivity index (χ3n) is 5.54. The Labute approximate surface area is 166 Å². The van der Waals surface area contributed by atoms with Gasteiger partial charge in [0.05, 0.1) is 0 Å². The van der Waals surface area contributed by atoms with Gasteiger partial charge in [0.1, 0.15) is 15.3 Å². The molecule has 2 fully saturated rings. The van der Waals surface area contributed by atoms with Crippen LogP contribution in [0.1, 0.15) is 38.0 Å². The van der Waals surface area contributed by atoms with E-state index in [0.717, 1.165) is 29.8 Å². The molecule has 144 valence electrons. The van der Waals surface area contributed by atoms with Gasteiger partial charge < -0.3 is 14.1 Å². The number of alkyl halides is 2. The normalized spacial score (nSPS) is 24.8. The Morgan fingerprint density at radius 3 is 2.59 bits per heavy atom. The Balaban J connectivity index is 1.28. The fraction of sp³-hybridized carbons (Fsp3) is 0.526. The zero-order chi connectivity index (χ0) is 19.2. The molecule has 6 nitrogen and oxygen atoms in total. The predicted octanol–water partition coefficient (Wildman–Crippen LogP) is 3.66. The van der Waals surface area contributed by atoms with Crippen LogP contribution >= 0.6 is 23.2 Å². The summed E-state index contributed by atoms with van der Waals surface area (Å²) in [6, 6.07) is 7.67. The zero-order valence-electron chi connectivity index (χ0n) is 14.9. The molecule has 1 aromatic carbocycles. The number of halogens is 2. The van der Waals surface area contributed by atoms with Gasteiger partial charge in [0.15, 0.2) is 18.1 Å². The Hall–Kier alpha value is -1.79. The number of oxazole rings is 1. The molecule has 2 heterocycles. The topological polar surface area (TPSA) is 72.6 Å². The van der Waals surface area contributed by atoms with Crippen molar-refractivity contribution < 1.29 is 18.7 Å². The van der Waals surface area contributed by atoms with Crippen molar-refractivity contribution in [2.75, 3.05) is 19.7 Å². The van der Waals surface area contributed by atoms with Crippen LogP contribution in [0, 0.1) is 5.41 Å². The van der Waals surface area contributed by atoms with E-state index in [1.54, 1.807) is 11.8 Å². The lowest BCUT2D eigenvalue weighted by Crippen LogP contribution is -2.40. The maximum atomic E-state index is 12.3. The summed E-state index contributed by atoms with van der Waals surface area (Å²) in [7, 11) is 0. The molecular formula is C19H20Cl2N2O4. The smallest absolute Gasteiger partial charge is 0.315 e. The molecule has 2 aromatic rings. The van der Waals surface area contributed by atoms with Gasteiger partial charge in [-0.05, 0) is 31.9 Å². The average Bonchev–Trinajstić information content (AvgIpc) is 3.01. The average molecular weight is 411 g/mol. The van der Waals surface area contributed by atoms with Crippen molar-refractivity contribution in [2.45, 2.75) is 36.4 Å². The maximum absolute atomic E-state index is 12.3. The number of fused-ring (bicyclic) bond motifs is 1. The standard InChI is InChI=1S/C19H20Cl2N2O4/c1-18(11-19(18,20)21)17(25)26-10-15(24)23-8-6-12(7-9-23)16-22-13-4-2-3-5-14(13)27-16/h2-5,12H,6-11H2,1H3/t18-/m1/s1. The fourth-order valence-corrected chi connectivity index (χ4v) is 4.13. The van der Waals surface area contributed by atoms with Gasteiger partial charge in [0.2, 0.25) is 0 Å². The quantitative estimate of drug-likeness (QED) is 0.567. The first kappa shape index (κ1) is 18.6. The van der Waals surface area contributed by atoms with Crippen molar-refractivity contribution in [3.05, 3.63) is 30.2 Å². The lowest BCUT2D eigenvalue weighted by Gasteiger charge is -2.30. The number of aromatic nitrogens is 1. The van der Waals surface area contributed by atoms with Crippen LogP contribution < -0.4 is 0 Å². The Morgan fingerprint density at radius 2 is 1.96 bits per heavy atom. The number of likely N-dealkylation sites (tertiary alicyclic amines) is 1. The third kappa shape index (κ3) is 3.41. The lowest BCUT2D eigenvalue weighted by atomic mass is 9.97. The lowest BCUT2D eigenvalue weighted by molar-refractivity contribution is -0.156. The second-order valence-corrected chi connectivity index (χ2v) is 8.95. The molecule has 4 rings (SSSR count). The van der Waals surface area contributed by atoms with Crippen LogP contribution in [0.3, 0.4) is 0 Å². The number of hydrogen-bond donors (Lipinski definition) is 0. The van der Waals surface area contributed by atoms with Crippen LogP contribution in [0.2, 0.25) is 0 Å². The van der Waals surface area contributed by atoms with E-state index in [1.165, 1.54) is 0 Å². The van der Waals surface area contributed by atoms with Crippen molar-refractivity contribution in [1.29, 1.82) is 0 Å². The first-order valence-corrected chi connectivity index (χ1v) is 9.74. The van der Waals surface area contributed by atoms with E-state index >= 15 is 0 Å². The highest BCUT2D eigenvalue weighted by molar-refractivity contribution is 6.53. The molecule has 1 amide bonds. The number of nitrogens with zero attached hydrogens (tertiary/aromatic N) is 2. The first-order chi connectivity index (χ1) is 12.8. The number of hydrogen-bond acceptors (Lipinski definition) is 5. The minimum Gasteiger partial charge on any atom is -0.455 e. The van der Waals surface area contributed by atoms with E-state index < -0.39 is 15.7 Å². The molecule has 1 aliphatic carbocycles. The summed E-state index contributed by atoms with van der Waals surface area (Å²) in [5.41, 5.74) is 0.707. The van der Waals surface area contributed by atoms with E-state index in [0.29, 0.717) is 19.5 Å². The van der Waals surface area contributed by atoms with Crippen LogP contribution in [-0.4, -0.2) is 45.8 Å². The second-order valence-electron chi connectivity index (χ2n) is 7.46. The monoisotopic (exact) mass is 410 g/mol. The molecule has 0 N–H and O–H groups in total. The van der Waals surface area contributed by atoms with E-state index in [1.807, 2.05) is 24.3 Å². The number of para-hydroxylation sites is 2. The summed E-state index contributed by atoms with van der Waals surface area (Å²) in [4.78, 5) is 30.7. The summed E-state index contributed by atoms with van der Waals surface area (Å²) in [5.74, 6) is 0.167. The minimum atomic E-state index is -1.09. The van der Waals surface area contributed by atoms with E-state index in [2.05, 4.69) is 4.98 Å². The minimum absolute atomic E-state index is 0.183. The van der Waals surface area contributed by atoms with Gasteiger partial charge in [-0.25, -0.2) is 4.98 Å². The molecule has 1 atom stereocenters. The van der Waals surface area contributed by atoms with Crippen LogP contribution in [0.5, 0.6) is 0 Å². The number of ether oxygens (including phenoxy) is 1. The van der Waals surface area contributed by atoms with Gasteiger partial charge in [0.25, 0.3) is 5.91 Å². The predicted molar refractivity (Wildman–Crippen MR) is 101 cm³/mol. The first-order valence-electron chi connectivity index (χ1n) is 8.98. The molecule has 1 saturated carbocycles. The highest BCUT2D eigenvalue weighted by Crippen LogP contribution is 2.64. The Kier molecular flexibility index (Phi) is 4.59. The number of benzene rings is 1. The molecule has 0 unspecified atom stereocenters. The van der Waals surface area contributed by atoms with Gasteiger partial charge in [-0.3, -0.25) is 9.59 Å². The zero-order valence-corrected chi connectivity index (χ0v) is 16.4. The summed E-state index contributed by atoms with van der Waals surface area (Å²) in [5, 5.41) is 0. The number of esters is 1. The van der Waals surface area contributed by atoms with Crippen LogP contribution in [-0.2, 0) is 14.3 Å². The van der Waals surface area contributed by atoms with Crippen LogP contribution in [0.25, 0.3) is 11.1 Å². The van der Waals surface area contributed by atoms with Crippen molar-refractivity contribution in [1.82, 2.24) is 9.88 Å². The van der Waals surface area contributed by atoms with E-state index in [9.17, 15) is 9.59 Å². The molecule has 0 bridgehead atoms. The molecule has 1 aromatic heterocycles. The molecule has 0 spiro atoms. The largest absolute Gasteiger partial charge is 0.455 e. The summed E-state index contributed by atoms with van der Waals surface area (Å²) < 4.78 is 9.89. The SMILES string of the molecule is C[C@]1(C(=O)OCC(=O)N2CCC(c3nc4ccccc4o3)CC2)CC1(Cl)Cl. The van der Waals surface area contributed by atoms with Crippen molar-refractivity contribution >= 4 is 46.2 Å². The van der Waals surface area contributed by atoms with E-state index in [-0.39, 0.29) is 18.4 Å². The van der Waals surface area contributed by atoms with Crippen LogP contribution in [0.4, 0.5) is 0 Å². The molecular weight excluding hydrogens is 391 g/mol. The van der Waals surface area contributed by atoms with E-state index in [4.69, 9.17) is 32.4 Å². The Bertz CT molecular complexity index is 856. The van der Waals surface area contributed by atoms with Gasteiger partial charge in [-0.1, -0.05) is 12.1 Å². The van der Waals surface area contributed by atoms with Gasteiger partial charge >= 0.3 is 5.97 Å². The van der Waals surface area contributed by atoms with Gasteiger partial charge in [-0.15, -0.1) is 23.2 Å². The van der Waals surface area contributed by atoms with Gasteiger partial charge in [0, 0.05) is 25.4 Å². The van der Waals surface area contributed by atoms with Crippen molar-refractivity contribution in [3.8, 4) is 0 Å². The molecule has 1 aliphatic heterocycles. The summed E-state index contributed by atoms with van der Waals surface area (Å²) >= 11 is 11.9.